The third-order valence-corrected chi connectivity index (χ3v) is 6.76. The van der Waals surface area contributed by atoms with Gasteiger partial charge in [0.25, 0.3) is 5.91 Å². The van der Waals surface area contributed by atoms with Gasteiger partial charge in [0.15, 0.2) is 0 Å². The van der Waals surface area contributed by atoms with Crippen molar-refractivity contribution in [3.8, 4) is 5.75 Å². The van der Waals surface area contributed by atoms with Gasteiger partial charge in [0.1, 0.15) is 5.75 Å². The van der Waals surface area contributed by atoms with Crippen LogP contribution in [0.3, 0.4) is 0 Å². The molecule has 0 spiro atoms. The fourth-order valence-corrected chi connectivity index (χ4v) is 4.36. The lowest BCUT2D eigenvalue weighted by Crippen LogP contribution is -2.49. The molecule has 0 aliphatic carbocycles. The van der Waals surface area contributed by atoms with Crippen molar-refractivity contribution in [3.05, 3.63) is 23.8 Å². The van der Waals surface area contributed by atoms with Gasteiger partial charge in [0, 0.05) is 58.5 Å². The summed E-state index contributed by atoms with van der Waals surface area (Å²) in [6.45, 7) is 10.9. The molecule has 0 aromatic heterocycles. The summed E-state index contributed by atoms with van der Waals surface area (Å²) in [7, 11) is 5.63. The zero-order valence-corrected chi connectivity index (χ0v) is 24.0. The molecule has 9 heteroatoms. The quantitative estimate of drug-likeness (QED) is 0.595. The number of benzene rings is 1. The van der Waals surface area contributed by atoms with Gasteiger partial charge in [-0.2, -0.15) is 0 Å². The van der Waals surface area contributed by atoms with Crippen LogP contribution in [0.1, 0.15) is 64.2 Å². The Kier molecular flexibility index (Phi) is 12.0. The third kappa shape index (κ3) is 9.07. The lowest BCUT2D eigenvalue weighted by molar-refractivity contribution is -0.0122. The van der Waals surface area contributed by atoms with E-state index in [0.717, 1.165) is 24.9 Å². The molecule has 3 amide bonds. The molecule has 0 unspecified atom stereocenters. The van der Waals surface area contributed by atoms with E-state index in [0.29, 0.717) is 31.0 Å². The Balaban J connectivity index is 2.43. The molecule has 2 N–H and O–H groups in total. The van der Waals surface area contributed by atoms with Gasteiger partial charge in [-0.1, -0.05) is 6.92 Å². The Morgan fingerprint density at radius 2 is 1.89 bits per heavy atom. The van der Waals surface area contributed by atoms with Crippen molar-refractivity contribution >= 4 is 17.6 Å². The fourth-order valence-electron chi connectivity index (χ4n) is 4.36. The van der Waals surface area contributed by atoms with Crippen LogP contribution in [0.5, 0.6) is 5.75 Å². The predicted octanol–water partition coefficient (Wildman–Crippen LogP) is 3.60. The number of ether oxygens (including phenoxy) is 2. The molecule has 4 atom stereocenters. The van der Waals surface area contributed by atoms with Gasteiger partial charge in [0.05, 0.1) is 30.4 Å². The number of hydrogen-bond acceptors (Lipinski definition) is 6. The van der Waals surface area contributed by atoms with E-state index in [4.69, 9.17) is 9.47 Å². The van der Waals surface area contributed by atoms with Crippen LogP contribution >= 0.6 is 0 Å². The van der Waals surface area contributed by atoms with Crippen molar-refractivity contribution in [1.82, 2.24) is 15.1 Å². The molecule has 1 aromatic carbocycles. The fraction of sp³-hybridized carbons (Fsp3) is 0.714. The van der Waals surface area contributed by atoms with Crippen molar-refractivity contribution in [3.63, 3.8) is 0 Å². The molecule has 1 heterocycles. The molecule has 2 rings (SSSR count). The van der Waals surface area contributed by atoms with E-state index in [-0.39, 0.29) is 42.7 Å². The minimum absolute atomic E-state index is 0.0344. The van der Waals surface area contributed by atoms with Crippen molar-refractivity contribution in [2.45, 2.75) is 78.2 Å². The van der Waals surface area contributed by atoms with Crippen LogP contribution in [0, 0.1) is 5.92 Å². The molecule has 0 saturated heterocycles. The maximum Gasteiger partial charge on any atom is 0.317 e. The average molecular weight is 521 g/mol. The van der Waals surface area contributed by atoms with Crippen LogP contribution in [-0.2, 0) is 4.74 Å². The Bertz CT molecular complexity index is 878. The number of nitrogens with zero attached hydrogens (tertiary/aromatic N) is 3. The monoisotopic (exact) mass is 520 g/mol. The summed E-state index contributed by atoms with van der Waals surface area (Å²) in [5.41, 5.74) is 1.38. The molecule has 1 aromatic rings. The molecular weight excluding hydrogens is 472 g/mol. The van der Waals surface area contributed by atoms with E-state index in [2.05, 4.69) is 5.32 Å². The predicted molar refractivity (Wildman–Crippen MR) is 147 cm³/mol. The summed E-state index contributed by atoms with van der Waals surface area (Å²) in [5.74, 6) is 0.275. The minimum Gasteiger partial charge on any atom is -0.490 e. The first-order valence-corrected chi connectivity index (χ1v) is 13.5. The molecule has 0 radical (unpaired) electrons. The largest absolute Gasteiger partial charge is 0.490 e. The summed E-state index contributed by atoms with van der Waals surface area (Å²) >= 11 is 0. The highest BCUT2D eigenvalue weighted by Crippen LogP contribution is 2.29. The number of carbonyl (C=O) groups excluding carboxylic acids is 2. The van der Waals surface area contributed by atoms with E-state index in [1.807, 2.05) is 71.8 Å². The van der Waals surface area contributed by atoms with Crippen molar-refractivity contribution in [2.75, 3.05) is 52.3 Å². The first-order valence-electron chi connectivity index (χ1n) is 13.5. The van der Waals surface area contributed by atoms with Crippen molar-refractivity contribution in [1.29, 1.82) is 0 Å². The smallest absolute Gasteiger partial charge is 0.317 e. The highest BCUT2D eigenvalue weighted by molar-refractivity contribution is 5.98. The summed E-state index contributed by atoms with van der Waals surface area (Å²) in [6, 6.07) is 5.15. The molecule has 0 fully saturated rings. The first kappa shape index (κ1) is 30.7. The van der Waals surface area contributed by atoms with Gasteiger partial charge in [0.2, 0.25) is 0 Å². The Labute approximate surface area is 223 Å². The number of nitrogens with one attached hydrogen (secondary N) is 1. The number of hydrogen-bond donors (Lipinski definition) is 2. The molecule has 1 aliphatic rings. The zero-order chi connectivity index (χ0) is 27.7. The maximum atomic E-state index is 14.0. The van der Waals surface area contributed by atoms with E-state index in [1.54, 1.807) is 16.8 Å². The summed E-state index contributed by atoms with van der Waals surface area (Å²) < 4.78 is 12.6. The second-order valence-electron chi connectivity index (χ2n) is 10.9. The average Bonchev–Trinajstić information content (AvgIpc) is 2.84. The number of likely N-dealkylation sites (N-methyl/N-ethyl adjacent to an activating group) is 1. The lowest BCUT2D eigenvalue weighted by atomic mass is 10.0. The Morgan fingerprint density at radius 1 is 1.19 bits per heavy atom. The molecule has 210 valence electrons. The number of aliphatic hydroxyl groups excluding tert-OH is 1. The van der Waals surface area contributed by atoms with Crippen LogP contribution < -0.4 is 15.0 Å². The zero-order valence-electron chi connectivity index (χ0n) is 24.0. The van der Waals surface area contributed by atoms with E-state index < -0.39 is 6.04 Å². The number of aliphatic hydroxyl groups is 1. The van der Waals surface area contributed by atoms with E-state index in [1.165, 1.54) is 0 Å². The number of amides is 3. The number of carbonyl (C=O) groups is 2. The number of fused-ring (bicyclic) bond motifs is 1. The highest BCUT2D eigenvalue weighted by Gasteiger charge is 2.31. The molecule has 0 saturated carbocycles. The Morgan fingerprint density at radius 3 is 2.51 bits per heavy atom. The third-order valence-electron chi connectivity index (χ3n) is 6.76. The van der Waals surface area contributed by atoms with Gasteiger partial charge < -0.3 is 34.6 Å². The normalized spacial score (nSPS) is 22.5. The van der Waals surface area contributed by atoms with Gasteiger partial charge in [-0.05, 0) is 65.2 Å². The molecule has 37 heavy (non-hydrogen) atoms. The maximum absolute atomic E-state index is 14.0. The molecule has 1 aliphatic heterocycles. The minimum atomic E-state index is -0.404. The van der Waals surface area contributed by atoms with Crippen LogP contribution in [0.25, 0.3) is 0 Å². The van der Waals surface area contributed by atoms with Gasteiger partial charge in [-0.15, -0.1) is 0 Å². The van der Waals surface area contributed by atoms with Crippen molar-refractivity contribution < 1.29 is 24.2 Å². The van der Waals surface area contributed by atoms with Crippen LogP contribution in [-0.4, -0.2) is 98.6 Å². The van der Waals surface area contributed by atoms with Crippen LogP contribution in [0.15, 0.2) is 18.2 Å². The van der Waals surface area contributed by atoms with Gasteiger partial charge in [-0.3, -0.25) is 4.79 Å². The van der Waals surface area contributed by atoms with Crippen molar-refractivity contribution in [2.24, 2.45) is 5.92 Å². The van der Waals surface area contributed by atoms with Gasteiger partial charge in [-0.25, -0.2) is 4.79 Å². The van der Waals surface area contributed by atoms with Crippen LogP contribution in [0.2, 0.25) is 0 Å². The summed E-state index contributed by atoms with van der Waals surface area (Å²) in [4.78, 5) is 31.9. The second-order valence-corrected chi connectivity index (χ2v) is 10.9. The first-order chi connectivity index (χ1) is 17.4. The molecule has 0 bridgehead atoms. The molecular formula is C28H48N4O5. The highest BCUT2D eigenvalue weighted by atomic mass is 16.5. The SMILES string of the molecule is CC(C)NC(=O)N(C)C[C@@H]1OCCCC[C@H](C)Oc2ccc(N(C)C)cc2C(=O)N([C@H](C)CO)C[C@@H]1C. The number of anilines is 1. The Hall–Kier alpha value is -2.52. The summed E-state index contributed by atoms with van der Waals surface area (Å²) in [5, 5.41) is 13.0. The molecule has 9 nitrogen and oxygen atoms in total. The van der Waals surface area contributed by atoms with E-state index >= 15 is 0 Å². The number of rotatable bonds is 6. The van der Waals surface area contributed by atoms with Gasteiger partial charge >= 0.3 is 6.03 Å². The van der Waals surface area contributed by atoms with Crippen LogP contribution in [0.4, 0.5) is 10.5 Å². The lowest BCUT2D eigenvalue weighted by Gasteiger charge is -2.36. The second kappa shape index (κ2) is 14.4. The topological polar surface area (TPSA) is 94.6 Å². The van der Waals surface area contributed by atoms with E-state index in [9.17, 15) is 14.7 Å². The standard InChI is InChI=1S/C28H48N4O5/c1-19(2)29-28(35)31(8)17-26-20(3)16-32(21(4)18-33)27(34)24-15-23(30(6)7)12-13-25(24)37-22(5)11-9-10-14-36-26/h12-13,15,19-22,26,33H,9-11,14,16-18H2,1-8H3,(H,29,35)/t20-,21+,22-,26-/m0/s1. The number of urea groups is 1. The summed E-state index contributed by atoms with van der Waals surface area (Å²) in [6.07, 6.45) is 2.30.